The Hall–Kier alpha value is -0.900. The van der Waals surface area contributed by atoms with Gasteiger partial charge >= 0.3 is 5.97 Å². The van der Waals surface area contributed by atoms with E-state index < -0.39 is 12.1 Å². The fourth-order valence-electron chi connectivity index (χ4n) is 9.27. The number of aliphatic hydroxyl groups excluding tert-OH is 1. The quantitative estimate of drug-likeness (QED) is 0.0600. The van der Waals surface area contributed by atoms with Crippen LogP contribution in [0.2, 0.25) is 0 Å². The van der Waals surface area contributed by atoms with Crippen LogP contribution in [0.5, 0.6) is 0 Å². The first kappa shape index (κ1) is 57.1. The van der Waals surface area contributed by atoms with Gasteiger partial charge in [-0.25, -0.2) is 4.79 Å². The summed E-state index contributed by atoms with van der Waals surface area (Å²) in [5, 5.41) is 18.4. The fraction of sp³-hybridized carbons (Fsp3) is 0.963. The third kappa shape index (κ3) is 40.5. The molecule has 3 atom stereocenters. The fourth-order valence-corrected chi connectivity index (χ4v) is 9.27. The zero-order valence-corrected chi connectivity index (χ0v) is 40.0. The molecule has 0 aromatic carbocycles. The Morgan fingerprint density at radius 1 is 0.293 bits per heavy atom. The van der Waals surface area contributed by atoms with Crippen molar-refractivity contribution in [2.75, 3.05) is 0 Å². The molecule has 4 heteroatoms. The van der Waals surface area contributed by atoms with E-state index in [2.05, 4.69) is 20.8 Å². The zero-order valence-electron chi connectivity index (χ0n) is 40.0. The highest BCUT2D eigenvalue weighted by Crippen LogP contribution is 2.29. The molecule has 0 aromatic heterocycles. The maximum atomic E-state index is 14.3. The SMILES string of the molecule is CCCCCCCCCCCCCCCCCCC(CCCCCCCCCCCCCCCC)C(=O)C(CCCCCC)CCCCCCCCCC(O)C(=O)O. The highest BCUT2D eigenvalue weighted by Gasteiger charge is 2.26. The lowest BCUT2D eigenvalue weighted by atomic mass is 9.80. The van der Waals surface area contributed by atoms with E-state index in [1.54, 1.807) is 0 Å². The van der Waals surface area contributed by atoms with Crippen molar-refractivity contribution in [1.29, 1.82) is 0 Å². The lowest BCUT2D eigenvalue weighted by Crippen LogP contribution is -2.24. The minimum absolute atomic E-state index is 0.257. The zero-order chi connectivity index (χ0) is 42.4. The number of Topliss-reactive ketones (excluding diaryl/α,β-unsaturated/α-hetero) is 1. The lowest BCUT2D eigenvalue weighted by Gasteiger charge is -2.23. The number of rotatable bonds is 50. The van der Waals surface area contributed by atoms with Gasteiger partial charge in [-0.15, -0.1) is 0 Å². The molecule has 0 spiro atoms. The van der Waals surface area contributed by atoms with Crippen LogP contribution in [0.25, 0.3) is 0 Å². The highest BCUT2D eigenvalue weighted by atomic mass is 16.4. The van der Waals surface area contributed by atoms with Crippen molar-refractivity contribution in [2.45, 2.75) is 322 Å². The van der Waals surface area contributed by atoms with E-state index in [4.69, 9.17) is 5.11 Å². The summed E-state index contributed by atoms with van der Waals surface area (Å²) in [4.78, 5) is 25.2. The van der Waals surface area contributed by atoms with Crippen LogP contribution >= 0.6 is 0 Å². The molecule has 2 N–H and O–H groups in total. The van der Waals surface area contributed by atoms with Crippen molar-refractivity contribution in [3.8, 4) is 0 Å². The van der Waals surface area contributed by atoms with Crippen LogP contribution in [-0.4, -0.2) is 28.1 Å². The first-order valence-electron chi connectivity index (χ1n) is 26.9. The molecule has 346 valence electrons. The maximum absolute atomic E-state index is 14.3. The van der Waals surface area contributed by atoms with Gasteiger partial charge in [0.2, 0.25) is 0 Å². The summed E-state index contributed by atoms with van der Waals surface area (Å²) >= 11 is 0. The highest BCUT2D eigenvalue weighted by molar-refractivity contribution is 5.83. The molecule has 0 aliphatic heterocycles. The molecule has 0 aliphatic carbocycles. The number of ketones is 1. The topological polar surface area (TPSA) is 74.6 Å². The molecule has 0 aliphatic rings. The third-order valence-electron chi connectivity index (χ3n) is 13.3. The summed E-state index contributed by atoms with van der Waals surface area (Å²) < 4.78 is 0. The molecule has 3 unspecified atom stereocenters. The minimum atomic E-state index is -1.21. The summed E-state index contributed by atoms with van der Waals surface area (Å²) in [7, 11) is 0. The first-order chi connectivity index (χ1) is 28.5. The molecular formula is C54H106O4. The number of carbonyl (C=O) groups excluding carboxylic acids is 1. The summed E-state index contributed by atoms with van der Waals surface area (Å²) in [6, 6.07) is 0. The summed E-state index contributed by atoms with van der Waals surface area (Å²) in [5.41, 5.74) is 0. The standard InChI is InChI=1S/C54H106O4/c1-4-7-10-13-15-17-19-21-23-24-26-28-30-33-37-42-48-51(47-41-36-32-29-27-25-22-20-18-16-14-11-8-5-2)53(56)50(45-40-12-9-6-3)46-43-38-34-31-35-39-44-49-52(55)54(57)58/h50-52,55H,4-49H2,1-3H3,(H,57,58). The van der Waals surface area contributed by atoms with E-state index in [-0.39, 0.29) is 11.8 Å². The molecule has 58 heavy (non-hydrogen) atoms. The van der Waals surface area contributed by atoms with Gasteiger partial charge in [-0.3, -0.25) is 4.79 Å². The molecule has 0 heterocycles. The van der Waals surface area contributed by atoms with Crippen LogP contribution in [0.1, 0.15) is 316 Å². The van der Waals surface area contributed by atoms with Gasteiger partial charge in [0.15, 0.2) is 6.10 Å². The van der Waals surface area contributed by atoms with Crippen molar-refractivity contribution < 1.29 is 19.8 Å². The Balaban J connectivity index is 4.70. The van der Waals surface area contributed by atoms with Gasteiger partial charge in [0.05, 0.1) is 0 Å². The predicted octanol–water partition coefficient (Wildman–Crippen LogP) is 18.2. The summed E-state index contributed by atoms with van der Waals surface area (Å²) in [6.07, 6.45) is 57.8. The van der Waals surface area contributed by atoms with Gasteiger partial charge in [-0.05, 0) is 32.1 Å². The molecule has 0 aromatic rings. The average molecular weight is 819 g/mol. The van der Waals surface area contributed by atoms with E-state index in [0.717, 1.165) is 51.4 Å². The van der Waals surface area contributed by atoms with Crippen LogP contribution in [-0.2, 0) is 9.59 Å². The maximum Gasteiger partial charge on any atom is 0.332 e. The van der Waals surface area contributed by atoms with E-state index in [1.165, 1.54) is 238 Å². The van der Waals surface area contributed by atoms with Crippen LogP contribution < -0.4 is 0 Å². The first-order valence-corrected chi connectivity index (χ1v) is 26.9. The molecule has 0 rings (SSSR count). The van der Waals surface area contributed by atoms with Crippen molar-refractivity contribution in [1.82, 2.24) is 0 Å². The smallest absolute Gasteiger partial charge is 0.332 e. The third-order valence-corrected chi connectivity index (χ3v) is 13.3. The van der Waals surface area contributed by atoms with E-state index in [1.807, 2.05) is 0 Å². The monoisotopic (exact) mass is 819 g/mol. The van der Waals surface area contributed by atoms with Crippen molar-refractivity contribution >= 4 is 11.8 Å². The number of aliphatic hydroxyl groups is 1. The number of hydrogen-bond acceptors (Lipinski definition) is 3. The van der Waals surface area contributed by atoms with Gasteiger partial charge in [0, 0.05) is 11.8 Å². The Kier molecular flexibility index (Phi) is 46.4. The number of carboxylic acid groups (broad SMARTS) is 1. The molecule has 0 amide bonds. The Bertz CT molecular complexity index is 826. The Morgan fingerprint density at radius 2 is 0.466 bits per heavy atom. The second-order valence-corrected chi connectivity index (χ2v) is 19.0. The summed E-state index contributed by atoms with van der Waals surface area (Å²) in [5.74, 6) is 0.0585. The van der Waals surface area contributed by atoms with E-state index >= 15 is 0 Å². The molecule has 0 bridgehead atoms. The average Bonchev–Trinajstić information content (AvgIpc) is 3.22. The lowest BCUT2D eigenvalue weighted by molar-refractivity contribution is -0.147. The van der Waals surface area contributed by atoms with Gasteiger partial charge in [0.25, 0.3) is 0 Å². The number of carboxylic acids is 1. The number of aliphatic carboxylic acids is 1. The second-order valence-electron chi connectivity index (χ2n) is 19.0. The molecule has 4 nitrogen and oxygen atoms in total. The van der Waals surface area contributed by atoms with Gasteiger partial charge in [-0.1, -0.05) is 284 Å². The number of unbranched alkanes of at least 4 members (excludes halogenated alkanes) is 37. The Morgan fingerprint density at radius 3 is 0.672 bits per heavy atom. The number of hydrogen-bond donors (Lipinski definition) is 2. The van der Waals surface area contributed by atoms with Crippen LogP contribution in [0.3, 0.4) is 0 Å². The second kappa shape index (κ2) is 47.2. The molecule has 0 fully saturated rings. The summed E-state index contributed by atoms with van der Waals surface area (Å²) in [6.45, 7) is 6.88. The normalized spacial score (nSPS) is 13.2. The molecule has 0 saturated carbocycles. The minimum Gasteiger partial charge on any atom is -0.479 e. The van der Waals surface area contributed by atoms with Crippen molar-refractivity contribution in [3.63, 3.8) is 0 Å². The van der Waals surface area contributed by atoms with E-state index in [0.29, 0.717) is 12.2 Å². The Labute approximate surface area is 364 Å². The molecule has 0 saturated heterocycles. The largest absolute Gasteiger partial charge is 0.479 e. The van der Waals surface area contributed by atoms with Crippen molar-refractivity contribution in [2.24, 2.45) is 11.8 Å². The van der Waals surface area contributed by atoms with Crippen LogP contribution in [0.15, 0.2) is 0 Å². The molecular weight excluding hydrogens is 713 g/mol. The predicted molar refractivity (Wildman–Crippen MR) is 255 cm³/mol. The van der Waals surface area contributed by atoms with Crippen LogP contribution in [0.4, 0.5) is 0 Å². The van der Waals surface area contributed by atoms with Gasteiger partial charge in [0.1, 0.15) is 5.78 Å². The van der Waals surface area contributed by atoms with Crippen LogP contribution in [0, 0.1) is 11.8 Å². The number of carbonyl (C=O) groups is 2. The van der Waals surface area contributed by atoms with Gasteiger partial charge < -0.3 is 10.2 Å². The van der Waals surface area contributed by atoms with Gasteiger partial charge in [-0.2, -0.15) is 0 Å². The van der Waals surface area contributed by atoms with E-state index in [9.17, 15) is 14.7 Å². The molecule has 0 radical (unpaired) electrons. The van der Waals surface area contributed by atoms with Crippen molar-refractivity contribution in [3.05, 3.63) is 0 Å².